The van der Waals surface area contributed by atoms with Crippen LogP contribution in [0.25, 0.3) is 0 Å². The number of esters is 2. The van der Waals surface area contributed by atoms with E-state index in [-0.39, 0.29) is 23.8 Å². The second kappa shape index (κ2) is 10.6. The van der Waals surface area contributed by atoms with Crippen LogP contribution in [0.3, 0.4) is 0 Å². The average Bonchev–Trinajstić information content (AvgIpc) is 3.27. The summed E-state index contributed by atoms with van der Waals surface area (Å²) < 4.78 is 10.4. The highest BCUT2D eigenvalue weighted by Crippen LogP contribution is 2.40. The van der Waals surface area contributed by atoms with Crippen molar-refractivity contribution in [2.24, 2.45) is 11.8 Å². The molecule has 0 bridgehead atoms. The van der Waals surface area contributed by atoms with E-state index in [1.807, 2.05) is 0 Å². The second-order valence-corrected chi connectivity index (χ2v) is 5.91. The first-order valence-electron chi connectivity index (χ1n) is 8.54. The first-order chi connectivity index (χ1) is 10.2. The van der Waals surface area contributed by atoms with Crippen molar-refractivity contribution in [3.05, 3.63) is 0 Å². The van der Waals surface area contributed by atoms with Crippen LogP contribution in [0.15, 0.2) is 0 Å². The van der Waals surface area contributed by atoms with Crippen LogP contribution in [0, 0.1) is 11.8 Å². The molecule has 0 heterocycles. The van der Waals surface area contributed by atoms with Gasteiger partial charge in [0.05, 0.1) is 25.0 Å². The molecule has 0 amide bonds. The molecule has 1 fully saturated rings. The van der Waals surface area contributed by atoms with Gasteiger partial charge < -0.3 is 9.47 Å². The van der Waals surface area contributed by atoms with Gasteiger partial charge in [0.1, 0.15) is 0 Å². The fourth-order valence-corrected chi connectivity index (χ4v) is 2.33. The van der Waals surface area contributed by atoms with Gasteiger partial charge in [0, 0.05) is 0 Å². The van der Waals surface area contributed by atoms with E-state index in [1.54, 1.807) is 0 Å². The zero-order valence-corrected chi connectivity index (χ0v) is 13.6. The smallest absolute Gasteiger partial charge is 0.309 e. The van der Waals surface area contributed by atoms with Crippen molar-refractivity contribution in [1.82, 2.24) is 0 Å². The Morgan fingerprint density at radius 2 is 1.19 bits per heavy atom. The Morgan fingerprint density at radius 1 is 0.762 bits per heavy atom. The summed E-state index contributed by atoms with van der Waals surface area (Å²) in [6.45, 7) is 5.26. The first kappa shape index (κ1) is 18.0. The van der Waals surface area contributed by atoms with Gasteiger partial charge in [-0.1, -0.05) is 52.4 Å². The fourth-order valence-electron chi connectivity index (χ4n) is 2.33. The molecular formula is C17H30O4. The van der Waals surface area contributed by atoms with Crippen molar-refractivity contribution >= 4 is 11.9 Å². The van der Waals surface area contributed by atoms with Crippen LogP contribution in [-0.2, 0) is 19.1 Å². The Hall–Kier alpha value is -1.06. The van der Waals surface area contributed by atoms with E-state index >= 15 is 0 Å². The van der Waals surface area contributed by atoms with Crippen molar-refractivity contribution < 1.29 is 19.1 Å². The van der Waals surface area contributed by atoms with E-state index < -0.39 is 0 Å². The number of rotatable bonds is 12. The summed E-state index contributed by atoms with van der Waals surface area (Å²) in [6.07, 6.45) is 9.31. The summed E-state index contributed by atoms with van der Waals surface area (Å²) in [6, 6.07) is 0. The molecule has 0 radical (unpaired) electrons. The average molecular weight is 298 g/mol. The summed E-state index contributed by atoms with van der Waals surface area (Å²) in [5, 5.41) is 0. The number of carbonyl (C=O) groups excluding carboxylic acids is 2. The molecule has 4 nitrogen and oxygen atoms in total. The molecule has 2 unspecified atom stereocenters. The van der Waals surface area contributed by atoms with Gasteiger partial charge >= 0.3 is 11.9 Å². The second-order valence-electron chi connectivity index (χ2n) is 5.91. The summed E-state index contributed by atoms with van der Waals surface area (Å²) in [5.74, 6) is -0.947. The quantitative estimate of drug-likeness (QED) is 0.405. The number of unbranched alkanes of at least 4 members (excludes halogenated alkanes) is 6. The molecule has 0 aromatic carbocycles. The van der Waals surface area contributed by atoms with Gasteiger partial charge in [0.25, 0.3) is 0 Å². The first-order valence-corrected chi connectivity index (χ1v) is 8.54. The standard InChI is InChI=1S/C17H30O4/c1-3-5-7-9-11-20-16(18)14-13-15(14)17(19)21-12-10-8-6-4-2/h14-15H,3-13H2,1-2H3. The summed E-state index contributed by atoms with van der Waals surface area (Å²) >= 11 is 0. The van der Waals surface area contributed by atoms with Crippen LogP contribution in [0.2, 0.25) is 0 Å². The van der Waals surface area contributed by atoms with Gasteiger partial charge in [-0.2, -0.15) is 0 Å². The molecule has 0 saturated heterocycles. The van der Waals surface area contributed by atoms with E-state index in [0.29, 0.717) is 19.6 Å². The molecule has 21 heavy (non-hydrogen) atoms. The topological polar surface area (TPSA) is 52.6 Å². The van der Waals surface area contributed by atoms with Crippen molar-refractivity contribution in [1.29, 1.82) is 0 Å². The zero-order valence-electron chi connectivity index (χ0n) is 13.6. The van der Waals surface area contributed by atoms with Gasteiger partial charge in [0.2, 0.25) is 0 Å². The zero-order chi connectivity index (χ0) is 15.5. The molecule has 1 saturated carbocycles. The predicted octanol–water partition coefficient (Wildman–Crippen LogP) is 3.87. The predicted molar refractivity (Wildman–Crippen MR) is 81.8 cm³/mol. The minimum Gasteiger partial charge on any atom is -0.465 e. The summed E-state index contributed by atoms with van der Waals surface area (Å²) in [4.78, 5) is 23.5. The third-order valence-corrected chi connectivity index (χ3v) is 3.88. The fraction of sp³-hybridized carbons (Fsp3) is 0.882. The van der Waals surface area contributed by atoms with Gasteiger partial charge in [-0.25, -0.2) is 0 Å². The monoisotopic (exact) mass is 298 g/mol. The molecule has 1 aliphatic carbocycles. The minimum absolute atomic E-state index is 0.223. The highest BCUT2D eigenvalue weighted by Gasteiger charge is 2.50. The van der Waals surface area contributed by atoms with E-state index in [1.165, 1.54) is 25.7 Å². The van der Waals surface area contributed by atoms with Crippen molar-refractivity contribution in [2.75, 3.05) is 13.2 Å². The highest BCUT2D eigenvalue weighted by atomic mass is 16.5. The molecule has 0 N–H and O–H groups in total. The van der Waals surface area contributed by atoms with Gasteiger partial charge in [0.15, 0.2) is 0 Å². The SMILES string of the molecule is CCCCCCOC(=O)C1CC1C(=O)OCCCCCC. The lowest BCUT2D eigenvalue weighted by molar-refractivity contribution is -0.151. The highest BCUT2D eigenvalue weighted by molar-refractivity contribution is 5.87. The lowest BCUT2D eigenvalue weighted by atomic mass is 10.2. The number of hydrogen-bond acceptors (Lipinski definition) is 4. The summed E-state index contributed by atoms with van der Waals surface area (Å²) in [7, 11) is 0. The van der Waals surface area contributed by atoms with Gasteiger partial charge in [-0.3, -0.25) is 9.59 Å². The Balaban J connectivity index is 2.03. The molecular weight excluding hydrogens is 268 g/mol. The summed E-state index contributed by atoms with van der Waals surface area (Å²) in [5.41, 5.74) is 0. The maximum absolute atomic E-state index is 11.7. The van der Waals surface area contributed by atoms with Crippen LogP contribution in [0.1, 0.15) is 71.6 Å². The third kappa shape index (κ3) is 7.49. The van der Waals surface area contributed by atoms with Crippen molar-refractivity contribution in [3.8, 4) is 0 Å². The maximum atomic E-state index is 11.7. The van der Waals surface area contributed by atoms with Crippen molar-refractivity contribution in [3.63, 3.8) is 0 Å². The van der Waals surface area contributed by atoms with Gasteiger partial charge in [-0.15, -0.1) is 0 Å². The molecule has 1 aliphatic rings. The Morgan fingerprint density at radius 3 is 1.57 bits per heavy atom. The molecule has 0 spiro atoms. The van der Waals surface area contributed by atoms with E-state index in [0.717, 1.165) is 25.7 Å². The number of carbonyl (C=O) groups is 2. The van der Waals surface area contributed by atoms with E-state index in [9.17, 15) is 9.59 Å². The number of ether oxygens (including phenoxy) is 2. The maximum Gasteiger partial charge on any atom is 0.309 e. The van der Waals surface area contributed by atoms with Crippen LogP contribution in [-0.4, -0.2) is 25.2 Å². The Labute approximate surface area is 128 Å². The molecule has 1 rings (SSSR count). The number of hydrogen-bond donors (Lipinski definition) is 0. The molecule has 0 aliphatic heterocycles. The lowest BCUT2D eigenvalue weighted by Crippen LogP contribution is -2.15. The Kier molecular flexibility index (Phi) is 9.11. The van der Waals surface area contributed by atoms with E-state index in [4.69, 9.17) is 9.47 Å². The van der Waals surface area contributed by atoms with Crippen LogP contribution in [0.5, 0.6) is 0 Å². The van der Waals surface area contributed by atoms with Crippen LogP contribution < -0.4 is 0 Å². The lowest BCUT2D eigenvalue weighted by Gasteiger charge is -2.05. The van der Waals surface area contributed by atoms with Crippen LogP contribution in [0.4, 0.5) is 0 Å². The largest absolute Gasteiger partial charge is 0.465 e. The van der Waals surface area contributed by atoms with E-state index in [2.05, 4.69) is 13.8 Å². The molecule has 0 aromatic heterocycles. The minimum atomic E-state index is -0.251. The van der Waals surface area contributed by atoms with Crippen molar-refractivity contribution in [2.45, 2.75) is 71.6 Å². The normalized spacial score (nSPS) is 20.1. The molecule has 4 heteroatoms. The molecule has 0 aromatic rings. The molecule has 2 atom stereocenters. The van der Waals surface area contributed by atoms with Gasteiger partial charge in [-0.05, 0) is 19.3 Å². The Bertz CT molecular complexity index is 284. The van der Waals surface area contributed by atoms with Crippen LogP contribution >= 0.6 is 0 Å². The third-order valence-electron chi connectivity index (χ3n) is 3.88. The molecule has 122 valence electrons.